The van der Waals surface area contributed by atoms with E-state index in [0.717, 1.165) is 22.5 Å². The summed E-state index contributed by atoms with van der Waals surface area (Å²) in [5.74, 6) is -1.39. The number of carbonyl (C=O) groups excluding carboxylic acids is 1. The van der Waals surface area contributed by atoms with Crippen molar-refractivity contribution in [2.24, 2.45) is 0 Å². The van der Waals surface area contributed by atoms with E-state index >= 15 is 0 Å². The molecule has 0 aliphatic heterocycles. The van der Waals surface area contributed by atoms with Gasteiger partial charge in [0.25, 0.3) is 0 Å². The SMILES string of the molecule is Cc1cc(C)cc(C(NC(=O)CC(C)n2nc(C)cc2C)C(=O)O)c1. The largest absolute Gasteiger partial charge is 0.479 e. The Labute approximate surface area is 147 Å². The molecule has 2 unspecified atom stereocenters. The van der Waals surface area contributed by atoms with E-state index < -0.39 is 12.0 Å². The van der Waals surface area contributed by atoms with E-state index in [1.807, 2.05) is 46.8 Å². The van der Waals surface area contributed by atoms with Crippen LogP contribution in [0.2, 0.25) is 0 Å². The van der Waals surface area contributed by atoms with Crippen LogP contribution in [-0.2, 0) is 9.59 Å². The maximum atomic E-state index is 12.4. The van der Waals surface area contributed by atoms with Gasteiger partial charge in [0.2, 0.25) is 5.91 Å². The Hall–Kier alpha value is -2.63. The van der Waals surface area contributed by atoms with Gasteiger partial charge in [0.15, 0.2) is 6.04 Å². The second-order valence-corrected chi connectivity index (χ2v) is 6.68. The first-order valence-electron chi connectivity index (χ1n) is 8.30. The molecule has 134 valence electrons. The predicted molar refractivity (Wildman–Crippen MR) is 95.5 cm³/mol. The molecule has 0 bridgehead atoms. The van der Waals surface area contributed by atoms with Crippen LogP contribution in [-0.4, -0.2) is 26.8 Å². The lowest BCUT2D eigenvalue weighted by Crippen LogP contribution is -2.35. The molecule has 1 aromatic carbocycles. The number of hydrogen-bond acceptors (Lipinski definition) is 3. The van der Waals surface area contributed by atoms with Crippen LogP contribution in [0.15, 0.2) is 24.3 Å². The number of amides is 1. The molecule has 0 fully saturated rings. The number of carboxylic acids is 1. The third-order valence-corrected chi connectivity index (χ3v) is 4.07. The van der Waals surface area contributed by atoms with E-state index in [1.165, 1.54) is 0 Å². The van der Waals surface area contributed by atoms with Gasteiger partial charge in [-0.2, -0.15) is 5.10 Å². The number of nitrogens with zero attached hydrogens (tertiary/aromatic N) is 2. The van der Waals surface area contributed by atoms with Crippen molar-refractivity contribution >= 4 is 11.9 Å². The second-order valence-electron chi connectivity index (χ2n) is 6.68. The van der Waals surface area contributed by atoms with Gasteiger partial charge in [-0.15, -0.1) is 0 Å². The van der Waals surface area contributed by atoms with Crippen LogP contribution < -0.4 is 5.32 Å². The van der Waals surface area contributed by atoms with Crippen LogP contribution in [0.5, 0.6) is 0 Å². The monoisotopic (exact) mass is 343 g/mol. The van der Waals surface area contributed by atoms with Gasteiger partial charge in [0.1, 0.15) is 0 Å². The van der Waals surface area contributed by atoms with E-state index in [9.17, 15) is 14.7 Å². The Morgan fingerprint density at radius 1 is 1.12 bits per heavy atom. The highest BCUT2D eigenvalue weighted by atomic mass is 16.4. The van der Waals surface area contributed by atoms with Gasteiger partial charge in [-0.1, -0.05) is 29.3 Å². The standard InChI is InChI=1S/C19H25N3O3/c1-11-6-12(2)8-16(7-11)18(19(24)25)20-17(23)10-15(5)22-14(4)9-13(3)21-22/h6-9,15,18H,10H2,1-5H3,(H,20,23)(H,24,25). The van der Waals surface area contributed by atoms with E-state index in [-0.39, 0.29) is 18.4 Å². The molecule has 6 nitrogen and oxygen atoms in total. The molecule has 0 aliphatic carbocycles. The molecule has 1 heterocycles. The van der Waals surface area contributed by atoms with Crippen molar-refractivity contribution in [2.45, 2.75) is 53.1 Å². The normalized spacial score (nSPS) is 13.3. The summed E-state index contributed by atoms with van der Waals surface area (Å²) in [6.45, 7) is 9.54. The average Bonchev–Trinajstić information content (AvgIpc) is 2.82. The number of aliphatic carboxylic acids is 1. The molecule has 0 spiro atoms. The molecule has 1 amide bonds. The summed E-state index contributed by atoms with van der Waals surface area (Å²) in [5, 5.41) is 16.5. The first kappa shape index (κ1) is 18.7. The Bertz CT molecular complexity index is 775. The predicted octanol–water partition coefficient (Wildman–Crippen LogP) is 3.01. The lowest BCUT2D eigenvalue weighted by atomic mass is 10.0. The van der Waals surface area contributed by atoms with Crippen LogP contribution in [0.3, 0.4) is 0 Å². The summed E-state index contributed by atoms with van der Waals surface area (Å²) < 4.78 is 1.79. The smallest absolute Gasteiger partial charge is 0.330 e. The van der Waals surface area contributed by atoms with Gasteiger partial charge >= 0.3 is 5.97 Å². The van der Waals surface area contributed by atoms with E-state index in [2.05, 4.69) is 10.4 Å². The zero-order chi connectivity index (χ0) is 18.7. The first-order valence-corrected chi connectivity index (χ1v) is 8.30. The van der Waals surface area contributed by atoms with Gasteiger partial charge in [-0.05, 0) is 46.2 Å². The highest BCUT2D eigenvalue weighted by molar-refractivity contribution is 5.84. The number of nitrogens with one attached hydrogen (secondary N) is 1. The molecule has 2 atom stereocenters. The van der Waals surface area contributed by atoms with Crippen molar-refractivity contribution in [1.29, 1.82) is 0 Å². The molecular formula is C19H25N3O3. The number of benzene rings is 1. The molecule has 1 aromatic heterocycles. The third-order valence-electron chi connectivity index (χ3n) is 4.07. The van der Waals surface area contributed by atoms with Crippen LogP contribution in [0, 0.1) is 27.7 Å². The Morgan fingerprint density at radius 3 is 2.20 bits per heavy atom. The van der Waals surface area contributed by atoms with Crippen molar-refractivity contribution in [3.05, 3.63) is 52.3 Å². The van der Waals surface area contributed by atoms with Crippen LogP contribution in [0.1, 0.15) is 53.5 Å². The molecule has 0 saturated heterocycles. The molecule has 2 aromatic rings. The minimum Gasteiger partial charge on any atom is -0.479 e. The van der Waals surface area contributed by atoms with Gasteiger partial charge in [-0.25, -0.2) is 4.79 Å². The lowest BCUT2D eigenvalue weighted by molar-refractivity contribution is -0.142. The molecular weight excluding hydrogens is 318 g/mol. The lowest BCUT2D eigenvalue weighted by Gasteiger charge is -2.19. The molecule has 6 heteroatoms. The van der Waals surface area contributed by atoms with Crippen molar-refractivity contribution < 1.29 is 14.7 Å². The average molecular weight is 343 g/mol. The van der Waals surface area contributed by atoms with Crippen molar-refractivity contribution in [2.75, 3.05) is 0 Å². The summed E-state index contributed by atoms with van der Waals surface area (Å²) in [6.07, 6.45) is 0.163. The van der Waals surface area contributed by atoms with Crippen LogP contribution in [0.4, 0.5) is 0 Å². The van der Waals surface area contributed by atoms with Crippen molar-refractivity contribution in [1.82, 2.24) is 15.1 Å². The van der Waals surface area contributed by atoms with Gasteiger partial charge in [0.05, 0.1) is 11.7 Å². The number of hydrogen-bond donors (Lipinski definition) is 2. The number of carbonyl (C=O) groups is 2. The minimum atomic E-state index is -1.07. The molecule has 2 N–H and O–H groups in total. The first-order chi connectivity index (χ1) is 11.7. The summed E-state index contributed by atoms with van der Waals surface area (Å²) in [6, 6.07) is 6.28. The van der Waals surface area contributed by atoms with Gasteiger partial charge in [-0.3, -0.25) is 9.48 Å². The van der Waals surface area contributed by atoms with E-state index in [1.54, 1.807) is 16.8 Å². The molecule has 25 heavy (non-hydrogen) atoms. The zero-order valence-electron chi connectivity index (χ0n) is 15.3. The van der Waals surface area contributed by atoms with Crippen LogP contribution >= 0.6 is 0 Å². The topological polar surface area (TPSA) is 84.2 Å². The number of rotatable bonds is 6. The highest BCUT2D eigenvalue weighted by Gasteiger charge is 2.24. The third kappa shape index (κ3) is 4.68. The fourth-order valence-corrected chi connectivity index (χ4v) is 3.13. The summed E-state index contributed by atoms with van der Waals surface area (Å²) >= 11 is 0. The number of carboxylic acid groups (broad SMARTS) is 1. The maximum Gasteiger partial charge on any atom is 0.330 e. The Balaban J connectivity index is 2.12. The van der Waals surface area contributed by atoms with Crippen molar-refractivity contribution in [3.63, 3.8) is 0 Å². The fraction of sp³-hybridized carbons (Fsp3) is 0.421. The Kier molecular flexibility index (Phi) is 5.62. The minimum absolute atomic E-state index is 0.151. The second kappa shape index (κ2) is 7.51. The number of aromatic nitrogens is 2. The molecule has 2 rings (SSSR count). The summed E-state index contributed by atoms with van der Waals surface area (Å²) in [5.41, 5.74) is 4.38. The zero-order valence-corrected chi connectivity index (χ0v) is 15.3. The molecule has 0 saturated carbocycles. The highest BCUT2D eigenvalue weighted by Crippen LogP contribution is 2.19. The number of aryl methyl sites for hydroxylation is 4. The maximum absolute atomic E-state index is 12.4. The van der Waals surface area contributed by atoms with Gasteiger partial charge < -0.3 is 10.4 Å². The van der Waals surface area contributed by atoms with Gasteiger partial charge in [0, 0.05) is 12.1 Å². The summed E-state index contributed by atoms with van der Waals surface area (Å²) in [4.78, 5) is 24.0. The Morgan fingerprint density at radius 2 is 1.72 bits per heavy atom. The summed E-state index contributed by atoms with van der Waals surface area (Å²) in [7, 11) is 0. The fourth-order valence-electron chi connectivity index (χ4n) is 3.13. The quantitative estimate of drug-likeness (QED) is 0.844. The van der Waals surface area contributed by atoms with Crippen LogP contribution in [0.25, 0.3) is 0 Å². The van der Waals surface area contributed by atoms with E-state index in [0.29, 0.717) is 5.56 Å². The van der Waals surface area contributed by atoms with E-state index in [4.69, 9.17) is 0 Å². The van der Waals surface area contributed by atoms with Crippen molar-refractivity contribution in [3.8, 4) is 0 Å². The molecule has 0 radical (unpaired) electrons. The molecule has 0 aliphatic rings.